The average Bonchev–Trinajstić information content (AvgIpc) is 2.93. The van der Waals surface area contributed by atoms with Gasteiger partial charge in [0.2, 0.25) is 0 Å². The van der Waals surface area contributed by atoms with E-state index in [4.69, 9.17) is 4.74 Å². The Labute approximate surface area is 105 Å². The molecule has 0 aliphatic carbocycles. The minimum Gasteiger partial charge on any atom is -0.380 e. The summed E-state index contributed by atoms with van der Waals surface area (Å²) in [6.45, 7) is 4.81. The molecule has 2 aromatic heterocycles. The van der Waals surface area contributed by atoms with E-state index in [2.05, 4.69) is 20.5 Å². The Morgan fingerprint density at radius 1 is 1.39 bits per heavy atom. The second kappa shape index (κ2) is 4.29. The zero-order chi connectivity index (χ0) is 12.7. The molecule has 0 spiro atoms. The van der Waals surface area contributed by atoms with Crippen LogP contribution in [0.4, 0.5) is 0 Å². The summed E-state index contributed by atoms with van der Waals surface area (Å²) in [6.07, 6.45) is 1.17. The van der Waals surface area contributed by atoms with Crippen LogP contribution >= 0.6 is 0 Å². The van der Waals surface area contributed by atoms with Gasteiger partial charge in [0, 0.05) is 25.4 Å². The SMILES string of the molecule is COC1CNC(c2nnc3cc(C)nc(C)n23)C1. The lowest BCUT2D eigenvalue weighted by Crippen LogP contribution is -2.18. The number of hydrogen-bond donors (Lipinski definition) is 1. The first kappa shape index (κ1) is 11.6. The van der Waals surface area contributed by atoms with Crippen molar-refractivity contribution in [3.8, 4) is 0 Å². The van der Waals surface area contributed by atoms with E-state index in [0.29, 0.717) is 0 Å². The quantitative estimate of drug-likeness (QED) is 0.850. The summed E-state index contributed by atoms with van der Waals surface area (Å²) in [5.74, 6) is 1.85. The Morgan fingerprint density at radius 3 is 2.94 bits per heavy atom. The molecule has 2 atom stereocenters. The van der Waals surface area contributed by atoms with Crippen LogP contribution in [0.15, 0.2) is 6.07 Å². The zero-order valence-electron chi connectivity index (χ0n) is 10.8. The maximum atomic E-state index is 5.37. The first-order chi connectivity index (χ1) is 8.69. The third-order valence-corrected chi connectivity index (χ3v) is 3.45. The van der Waals surface area contributed by atoms with Crippen molar-refractivity contribution in [3.63, 3.8) is 0 Å². The number of aromatic nitrogens is 4. The van der Waals surface area contributed by atoms with Crippen molar-refractivity contribution < 1.29 is 4.74 Å². The molecule has 2 aromatic rings. The molecular formula is C12H17N5O. The van der Waals surface area contributed by atoms with Gasteiger partial charge in [-0.05, 0) is 20.3 Å². The lowest BCUT2D eigenvalue weighted by molar-refractivity contribution is 0.117. The van der Waals surface area contributed by atoms with Crippen LogP contribution in [0.5, 0.6) is 0 Å². The summed E-state index contributed by atoms with van der Waals surface area (Å²) in [7, 11) is 1.74. The Balaban J connectivity index is 2.03. The molecule has 3 rings (SSSR count). The standard InChI is InChI=1S/C12H17N5O/c1-7-4-11-15-16-12(17(11)8(2)14-7)10-5-9(18-3)6-13-10/h4,9-10,13H,5-6H2,1-3H3. The van der Waals surface area contributed by atoms with Crippen LogP contribution < -0.4 is 5.32 Å². The van der Waals surface area contributed by atoms with Gasteiger partial charge in [-0.15, -0.1) is 10.2 Å². The minimum atomic E-state index is 0.188. The van der Waals surface area contributed by atoms with Gasteiger partial charge in [-0.1, -0.05) is 0 Å². The van der Waals surface area contributed by atoms with Crippen molar-refractivity contribution in [1.82, 2.24) is 24.9 Å². The van der Waals surface area contributed by atoms with Crippen LogP contribution in [-0.4, -0.2) is 39.3 Å². The first-order valence-corrected chi connectivity index (χ1v) is 6.14. The zero-order valence-corrected chi connectivity index (χ0v) is 10.8. The third-order valence-electron chi connectivity index (χ3n) is 3.45. The molecule has 1 aliphatic rings. The average molecular weight is 247 g/mol. The lowest BCUT2D eigenvalue weighted by atomic mass is 10.2. The van der Waals surface area contributed by atoms with Gasteiger partial charge >= 0.3 is 0 Å². The van der Waals surface area contributed by atoms with Gasteiger partial charge in [-0.2, -0.15) is 0 Å². The van der Waals surface area contributed by atoms with Gasteiger partial charge < -0.3 is 10.1 Å². The molecule has 1 aliphatic heterocycles. The molecule has 0 saturated carbocycles. The van der Waals surface area contributed by atoms with E-state index in [9.17, 15) is 0 Å². The van der Waals surface area contributed by atoms with E-state index in [1.807, 2.05) is 24.3 Å². The van der Waals surface area contributed by atoms with Crippen LogP contribution in [0.1, 0.15) is 29.8 Å². The molecule has 2 unspecified atom stereocenters. The Hall–Kier alpha value is -1.53. The molecule has 0 radical (unpaired) electrons. The summed E-state index contributed by atoms with van der Waals surface area (Å²) in [5, 5.41) is 11.9. The number of nitrogens with one attached hydrogen (secondary N) is 1. The maximum Gasteiger partial charge on any atom is 0.164 e. The smallest absolute Gasteiger partial charge is 0.164 e. The molecule has 0 amide bonds. The number of ether oxygens (including phenoxy) is 1. The number of rotatable bonds is 2. The molecule has 6 nitrogen and oxygen atoms in total. The molecular weight excluding hydrogens is 230 g/mol. The molecule has 0 aromatic carbocycles. The highest BCUT2D eigenvalue weighted by molar-refractivity contribution is 5.40. The highest BCUT2D eigenvalue weighted by atomic mass is 16.5. The number of aryl methyl sites for hydroxylation is 2. The van der Waals surface area contributed by atoms with Gasteiger partial charge in [0.25, 0.3) is 0 Å². The second-order valence-electron chi connectivity index (χ2n) is 4.75. The van der Waals surface area contributed by atoms with Crippen LogP contribution in [0, 0.1) is 13.8 Å². The molecule has 18 heavy (non-hydrogen) atoms. The molecule has 96 valence electrons. The topological polar surface area (TPSA) is 64.3 Å². The third kappa shape index (κ3) is 1.77. The Bertz CT molecular complexity index is 579. The van der Waals surface area contributed by atoms with Crippen molar-refractivity contribution in [3.05, 3.63) is 23.4 Å². The van der Waals surface area contributed by atoms with Crippen molar-refractivity contribution in [2.24, 2.45) is 0 Å². The molecule has 1 N–H and O–H groups in total. The number of methoxy groups -OCH3 is 1. The number of nitrogens with zero attached hydrogens (tertiary/aromatic N) is 4. The van der Waals surface area contributed by atoms with E-state index in [-0.39, 0.29) is 12.1 Å². The summed E-state index contributed by atoms with van der Waals surface area (Å²) in [5.41, 5.74) is 1.82. The summed E-state index contributed by atoms with van der Waals surface area (Å²) in [4.78, 5) is 4.47. The fourth-order valence-corrected chi connectivity index (χ4v) is 2.56. The van der Waals surface area contributed by atoms with E-state index in [1.54, 1.807) is 7.11 Å². The van der Waals surface area contributed by atoms with Crippen LogP contribution in [0.3, 0.4) is 0 Å². The summed E-state index contributed by atoms with van der Waals surface area (Å²) < 4.78 is 7.38. The maximum absolute atomic E-state index is 5.37. The Morgan fingerprint density at radius 2 is 2.22 bits per heavy atom. The second-order valence-corrected chi connectivity index (χ2v) is 4.75. The van der Waals surface area contributed by atoms with E-state index in [1.165, 1.54) is 0 Å². The Kier molecular flexibility index (Phi) is 2.76. The van der Waals surface area contributed by atoms with E-state index in [0.717, 1.165) is 36.0 Å². The normalized spacial score (nSPS) is 23.9. The van der Waals surface area contributed by atoms with Crippen LogP contribution in [-0.2, 0) is 4.74 Å². The summed E-state index contributed by atoms with van der Waals surface area (Å²) >= 11 is 0. The molecule has 6 heteroatoms. The summed E-state index contributed by atoms with van der Waals surface area (Å²) in [6, 6.07) is 2.14. The van der Waals surface area contributed by atoms with Crippen molar-refractivity contribution in [1.29, 1.82) is 0 Å². The highest BCUT2D eigenvalue weighted by Crippen LogP contribution is 2.24. The van der Waals surface area contributed by atoms with Gasteiger partial charge in [-0.3, -0.25) is 4.40 Å². The first-order valence-electron chi connectivity index (χ1n) is 6.14. The fraction of sp³-hybridized carbons (Fsp3) is 0.583. The molecule has 3 heterocycles. The molecule has 1 fully saturated rings. The van der Waals surface area contributed by atoms with E-state index < -0.39 is 0 Å². The number of hydrogen-bond acceptors (Lipinski definition) is 5. The van der Waals surface area contributed by atoms with Crippen molar-refractivity contribution in [2.75, 3.05) is 13.7 Å². The monoisotopic (exact) mass is 247 g/mol. The van der Waals surface area contributed by atoms with Crippen molar-refractivity contribution >= 4 is 5.65 Å². The van der Waals surface area contributed by atoms with Gasteiger partial charge in [0.15, 0.2) is 11.5 Å². The number of fused-ring (bicyclic) bond motifs is 1. The van der Waals surface area contributed by atoms with E-state index >= 15 is 0 Å². The highest BCUT2D eigenvalue weighted by Gasteiger charge is 2.29. The van der Waals surface area contributed by atoms with Crippen LogP contribution in [0.25, 0.3) is 5.65 Å². The fourth-order valence-electron chi connectivity index (χ4n) is 2.56. The largest absolute Gasteiger partial charge is 0.380 e. The van der Waals surface area contributed by atoms with Crippen molar-refractivity contribution in [2.45, 2.75) is 32.4 Å². The minimum absolute atomic E-state index is 0.188. The van der Waals surface area contributed by atoms with Gasteiger partial charge in [-0.25, -0.2) is 4.98 Å². The predicted molar refractivity (Wildman–Crippen MR) is 66.4 cm³/mol. The molecule has 0 bridgehead atoms. The van der Waals surface area contributed by atoms with Gasteiger partial charge in [0.1, 0.15) is 5.82 Å². The van der Waals surface area contributed by atoms with Crippen LogP contribution in [0.2, 0.25) is 0 Å². The predicted octanol–water partition coefficient (Wildman–Crippen LogP) is 0.791. The molecule has 1 saturated heterocycles. The van der Waals surface area contributed by atoms with Gasteiger partial charge in [0.05, 0.1) is 12.1 Å². The lowest BCUT2D eigenvalue weighted by Gasteiger charge is -2.10.